The summed E-state index contributed by atoms with van der Waals surface area (Å²) in [5.41, 5.74) is 0.570. The fraction of sp³-hybridized carbons (Fsp3) is 0.500. The van der Waals surface area contributed by atoms with Crippen molar-refractivity contribution in [2.45, 2.75) is 26.4 Å². The topological polar surface area (TPSA) is 65.0 Å². The fourth-order valence-electron chi connectivity index (χ4n) is 1.46. The third kappa shape index (κ3) is 5.18. The molecule has 0 spiro atoms. The van der Waals surface area contributed by atoms with Gasteiger partial charge < -0.3 is 19.3 Å². The Kier molecular flexibility index (Phi) is 6.74. The van der Waals surface area contributed by atoms with E-state index in [9.17, 15) is 9.90 Å². The molecule has 1 aromatic carbocycles. The molecule has 0 fully saturated rings. The molecule has 5 nitrogen and oxygen atoms in total. The van der Waals surface area contributed by atoms with Gasteiger partial charge in [0.1, 0.15) is 11.5 Å². The van der Waals surface area contributed by atoms with Crippen molar-refractivity contribution in [3.05, 3.63) is 23.8 Å². The minimum atomic E-state index is -0.409. The minimum Gasteiger partial charge on any atom is -0.497 e. The number of rotatable bonds is 8. The molecule has 5 heteroatoms. The average Bonchev–Trinajstić information content (AvgIpc) is 2.45. The number of unbranched alkanes of at least 4 members (excludes halogenated alkanes) is 1. The van der Waals surface area contributed by atoms with Gasteiger partial charge in [0, 0.05) is 5.56 Å². The largest absolute Gasteiger partial charge is 0.497 e. The first-order valence-corrected chi connectivity index (χ1v) is 6.27. The van der Waals surface area contributed by atoms with Gasteiger partial charge in [0.05, 0.1) is 20.3 Å². The van der Waals surface area contributed by atoms with Crippen molar-refractivity contribution < 1.29 is 24.1 Å². The summed E-state index contributed by atoms with van der Waals surface area (Å²) >= 11 is 0. The van der Waals surface area contributed by atoms with Gasteiger partial charge in [-0.25, -0.2) is 4.79 Å². The van der Waals surface area contributed by atoms with Crippen LogP contribution in [0.5, 0.6) is 11.5 Å². The van der Waals surface area contributed by atoms with Gasteiger partial charge in [-0.2, -0.15) is 0 Å². The van der Waals surface area contributed by atoms with Crippen LogP contribution >= 0.6 is 0 Å². The highest BCUT2D eigenvalue weighted by Gasteiger charge is 2.08. The monoisotopic (exact) mass is 268 g/mol. The van der Waals surface area contributed by atoms with Gasteiger partial charge >= 0.3 is 5.97 Å². The molecule has 0 saturated heterocycles. The Balaban J connectivity index is 2.50. The summed E-state index contributed by atoms with van der Waals surface area (Å²) in [4.78, 5) is 11.4. The number of hydrogen-bond donors (Lipinski definition) is 1. The second kappa shape index (κ2) is 8.37. The molecule has 0 radical (unpaired) electrons. The molecule has 1 N–H and O–H groups in total. The molecule has 1 aromatic rings. The molecule has 106 valence electrons. The van der Waals surface area contributed by atoms with Crippen LogP contribution in [-0.2, 0) is 16.1 Å². The molecule has 0 saturated carbocycles. The van der Waals surface area contributed by atoms with Gasteiger partial charge in [0.25, 0.3) is 0 Å². The van der Waals surface area contributed by atoms with Crippen molar-refractivity contribution in [2.75, 3.05) is 20.3 Å². The van der Waals surface area contributed by atoms with Crippen molar-refractivity contribution in [2.24, 2.45) is 0 Å². The SMILES string of the molecule is CCCCOC(=O)COc1ccc(OC)cc1CO. The fourth-order valence-corrected chi connectivity index (χ4v) is 1.46. The summed E-state index contributed by atoms with van der Waals surface area (Å²) in [6.07, 6.45) is 1.82. The summed E-state index contributed by atoms with van der Waals surface area (Å²) in [5.74, 6) is 0.672. The molecule has 0 aliphatic carbocycles. The van der Waals surface area contributed by atoms with E-state index < -0.39 is 5.97 Å². The first-order chi connectivity index (χ1) is 9.21. The van der Waals surface area contributed by atoms with Gasteiger partial charge in [-0.15, -0.1) is 0 Å². The van der Waals surface area contributed by atoms with E-state index in [1.807, 2.05) is 6.92 Å². The zero-order valence-corrected chi connectivity index (χ0v) is 11.3. The molecule has 0 bridgehead atoms. The molecular weight excluding hydrogens is 248 g/mol. The summed E-state index contributed by atoms with van der Waals surface area (Å²) < 4.78 is 15.3. The molecule has 0 aliphatic heterocycles. The van der Waals surface area contributed by atoms with Crippen LogP contribution in [0.15, 0.2) is 18.2 Å². The van der Waals surface area contributed by atoms with Crippen LogP contribution in [0.2, 0.25) is 0 Å². The van der Waals surface area contributed by atoms with Gasteiger partial charge in [-0.05, 0) is 24.6 Å². The Bertz CT molecular complexity index is 403. The van der Waals surface area contributed by atoms with Gasteiger partial charge in [-0.3, -0.25) is 0 Å². The zero-order valence-electron chi connectivity index (χ0n) is 11.3. The average molecular weight is 268 g/mol. The van der Waals surface area contributed by atoms with Gasteiger partial charge in [0.15, 0.2) is 6.61 Å². The van der Waals surface area contributed by atoms with E-state index in [-0.39, 0.29) is 13.2 Å². The van der Waals surface area contributed by atoms with Gasteiger partial charge in [0.2, 0.25) is 0 Å². The Morgan fingerprint density at radius 2 is 2.16 bits per heavy atom. The summed E-state index contributed by atoms with van der Waals surface area (Å²) in [6, 6.07) is 5.03. The lowest BCUT2D eigenvalue weighted by molar-refractivity contribution is -0.146. The molecule has 0 unspecified atom stereocenters. The van der Waals surface area contributed by atoms with Gasteiger partial charge in [-0.1, -0.05) is 13.3 Å². The molecule has 0 aromatic heterocycles. The Morgan fingerprint density at radius 1 is 1.37 bits per heavy atom. The maximum Gasteiger partial charge on any atom is 0.344 e. The van der Waals surface area contributed by atoms with Crippen LogP contribution in [0.4, 0.5) is 0 Å². The zero-order chi connectivity index (χ0) is 14.1. The highest BCUT2D eigenvalue weighted by atomic mass is 16.6. The standard InChI is InChI=1S/C14H20O5/c1-3-4-7-18-14(16)10-19-13-6-5-12(17-2)8-11(13)9-15/h5-6,8,15H,3-4,7,9-10H2,1-2H3. The van der Waals surface area contributed by atoms with Crippen molar-refractivity contribution in [1.82, 2.24) is 0 Å². The third-order valence-corrected chi connectivity index (χ3v) is 2.54. The van der Waals surface area contributed by atoms with Crippen LogP contribution in [0.3, 0.4) is 0 Å². The van der Waals surface area contributed by atoms with Crippen LogP contribution in [-0.4, -0.2) is 31.4 Å². The minimum absolute atomic E-state index is 0.164. The first kappa shape index (κ1) is 15.3. The molecule has 0 aliphatic rings. The van der Waals surface area contributed by atoms with Crippen LogP contribution < -0.4 is 9.47 Å². The predicted octanol–water partition coefficient (Wildman–Crippen LogP) is 1.91. The Labute approximate surface area is 113 Å². The van der Waals surface area contributed by atoms with E-state index in [1.54, 1.807) is 25.3 Å². The normalized spacial score (nSPS) is 10.1. The van der Waals surface area contributed by atoms with Crippen LogP contribution in [0.1, 0.15) is 25.3 Å². The van der Waals surface area contributed by atoms with E-state index in [0.29, 0.717) is 23.7 Å². The van der Waals surface area contributed by atoms with E-state index in [0.717, 1.165) is 12.8 Å². The Hall–Kier alpha value is -1.75. The number of methoxy groups -OCH3 is 1. The predicted molar refractivity (Wildman–Crippen MR) is 70.3 cm³/mol. The smallest absolute Gasteiger partial charge is 0.344 e. The van der Waals surface area contributed by atoms with E-state index in [1.165, 1.54) is 0 Å². The lowest BCUT2D eigenvalue weighted by Gasteiger charge is -2.11. The number of ether oxygens (including phenoxy) is 3. The number of esters is 1. The van der Waals surface area contributed by atoms with Crippen molar-refractivity contribution in [3.63, 3.8) is 0 Å². The number of aliphatic hydroxyl groups is 1. The summed E-state index contributed by atoms with van der Waals surface area (Å²) in [6.45, 7) is 2.09. The highest BCUT2D eigenvalue weighted by molar-refractivity contribution is 5.71. The maximum atomic E-state index is 11.4. The number of carbonyl (C=O) groups excluding carboxylic acids is 1. The van der Waals surface area contributed by atoms with Crippen molar-refractivity contribution in [1.29, 1.82) is 0 Å². The molecule has 19 heavy (non-hydrogen) atoms. The summed E-state index contributed by atoms with van der Waals surface area (Å²) in [5, 5.41) is 9.23. The molecular formula is C14H20O5. The van der Waals surface area contributed by atoms with Crippen LogP contribution in [0.25, 0.3) is 0 Å². The number of benzene rings is 1. The second-order valence-corrected chi connectivity index (χ2v) is 3.99. The second-order valence-electron chi connectivity index (χ2n) is 3.99. The lowest BCUT2D eigenvalue weighted by Crippen LogP contribution is -2.16. The first-order valence-electron chi connectivity index (χ1n) is 6.27. The van der Waals surface area contributed by atoms with Crippen molar-refractivity contribution >= 4 is 5.97 Å². The van der Waals surface area contributed by atoms with E-state index in [2.05, 4.69) is 0 Å². The van der Waals surface area contributed by atoms with E-state index >= 15 is 0 Å². The molecule has 0 amide bonds. The number of carbonyl (C=O) groups is 1. The number of aliphatic hydroxyl groups excluding tert-OH is 1. The number of hydrogen-bond acceptors (Lipinski definition) is 5. The molecule has 1 rings (SSSR count). The van der Waals surface area contributed by atoms with Crippen LogP contribution in [0, 0.1) is 0 Å². The molecule has 0 atom stereocenters. The van der Waals surface area contributed by atoms with Crippen molar-refractivity contribution in [3.8, 4) is 11.5 Å². The summed E-state index contributed by atoms with van der Waals surface area (Å²) in [7, 11) is 1.54. The van der Waals surface area contributed by atoms with E-state index in [4.69, 9.17) is 14.2 Å². The highest BCUT2D eigenvalue weighted by Crippen LogP contribution is 2.24. The third-order valence-electron chi connectivity index (χ3n) is 2.54. The molecule has 0 heterocycles. The maximum absolute atomic E-state index is 11.4. The quantitative estimate of drug-likeness (QED) is 0.576. The lowest BCUT2D eigenvalue weighted by atomic mass is 10.2. The Morgan fingerprint density at radius 3 is 2.79 bits per heavy atom.